The first-order valence-corrected chi connectivity index (χ1v) is 9.66. The van der Waals surface area contributed by atoms with E-state index in [1.807, 2.05) is 31.2 Å². The van der Waals surface area contributed by atoms with E-state index in [1.165, 1.54) is 13.1 Å². The average Bonchev–Trinajstić information content (AvgIpc) is 2.65. The highest BCUT2D eigenvalue weighted by atomic mass is 19.4. The minimum atomic E-state index is -4.46. The second kappa shape index (κ2) is 9.85. The minimum Gasteiger partial charge on any atom is -0.303 e. The first-order chi connectivity index (χ1) is 13.2. The number of alkyl halides is 3. The fraction of sp³-hybridized carbons (Fsp3) is 0.478. The van der Waals surface area contributed by atoms with Crippen LogP contribution in [0.5, 0.6) is 0 Å². The Morgan fingerprint density at radius 1 is 1.25 bits per heavy atom. The number of hydrogen-bond acceptors (Lipinski definition) is 2. The van der Waals surface area contributed by atoms with E-state index in [9.17, 15) is 18.0 Å². The molecule has 0 unspecified atom stereocenters. The molecule has 28 heavy (non-hydrogen) atoms. The molecular weight excluding hydrogens is 363 g/mol. The van der Waals surface area contributed by atoms with Crippen LogP contribution in [0.1, 0.15) is 50.2 Å². The number of carbonyl (C=O) groups is 1. The Hall–Kier alpha value is -2.17. The predicted molar refractivity (Wildman–Crippen MR) is 108 cm³/mol. The Morgan fingerprint density at radius 2 is 1.93 bits per heavy atom. The van der Waals surface area contributed by atoms with Gasteiger partial charge in [0.15, 0.2) is 0 Å². The zero-order valence-corrected chi connectivity index (χ0v) is 16.6. The third kappa shape index (κ3) is 6.47. The number of aldehydes is 1. The third-order valence-corrected chi connectivity index (χ3v) is 5.36. The Labute approximate surface area is 165 Å². The van der Waals surface area contributed by atoms with E-state index in [1.54, 1.807) is 0 Å². The van der Waals surface area contributed by atoms with Crippen molar-refractivity contribution in [2.45, 2.75) is 51.6 Å². The standard InChI is InChI=1S/C23H28F3NO/c1-16(2)21-6-4-5-19(13-21)12-20(14-22(27-3)23(24,25)26)11-17-7-9-18(15-28)10-8-17/h4-6,13-15,17-18H,1,7-12H2,2-3H3/b20-14-,27-22+. The number of rotatable bonds is 7. The number of hydrogen-bond donors (Lipinski definition) is 0. The van der Waals surface area contributed by atoms with Gasteiger partial charge in [0.05, 0.1) is 0 Å². The first kappa shape index (κ1) is 22.1. The molecule has 0 aromatic heterocycles. The summed E-state index contributed by atoms with van der Waals surface area (Å²) in [6.45, 7) is 5.85. The minimum absolute atomic E-state index is 0.0962. The maximum absolute atomic E-state index is 13.2. The van der Waals surface area contributed by atoms with Gasteiger partial charge in [0, 0.05) is 13.0 Å². The van der Waals surface area contributed by atoms with Crippen LogP contribution >= 0.6 is 0 Å². The Kier molecular flexibility index (Phi) is 7.78. The summed E-state index contributed by atoms with van der Waals surface area (Å²) in [6, 6.07) is 7.77. The number of carbonyl (C=O) groups excluding carboxylic acids is 1. The number of allylic oxidation sites excluding steroid dienone is 3. The van der Waals surface area contributed by atoms with Crippen molar-refractivity contribution in [1.82, 2.24) is 0 Å². The van der Waals surface area contributed by atoms with Crippen LogP contribution in [0.3, 0.4) is 0 Å². The van der Waals surface area contributed by atoms with Gasteiger partial charge in [-0.2, -0.15) is 13.2 Å². The van der Waals surface area contributed by atoms with Crippen molar-refractivity contribution in [3.05, 3.63) is 53.6 Å². The van der Waals surface area contributed by atoms with Gasteiger partial charge >= 0.3 is 6.18 Å². The first-order valence-electron chi connectivity index (χ1n) is 9.66. The molecule has 0 atom stereocenters. The second-order valence-corrected chi connectivity index (χ2v) is 7.69. The van der Waals surface area contributed by atoms with Crippen LogP contribution in [0.15, 0.2) is 47.5 Å². The molecule has 1 fully saturated rings. The topological polar surface area (TPSA) is 29.4 Å². The summed E-state index contributed by atoms with van der Waals surface area (Å²) in [4.78, 5) is 14.4. The molecule has 1 aromatic carbocycles. The number of aliphatic imine (C=N–C) groups is 1. The molecule has 1 saturated carbocycles. The molecule has 1 aliphatic rings. The molecule has 2 rings (SSSR count). The van der Waals surface area contributed by atoms with Gasteiger partial charge in [0.2, 0.25) is 0 Å². The summed E-state index contributed by atoms with van der Waals surface area (Å²) in [5, 5.41) is 0. The lowest BCUT2D eigenvalue weighted by Gasteiger charge is -2.26. The Bertz CT molecular complexity index is 753. The van der Waals surface area contributed by atoms with Gasteiger partial charge in [0.25, 0.3) is 0 Å². The molecule has 0 heterocycles. The van der Waals surface area contributed by atoms with Crippen molar-refractivity contribution in [2.75, 3.05) is 7.05 Å². The van der Waals surface area contributed by atoms with Crippen LogP contribution in [-0.2, 0) is 11.2 Å². The van der Waals surface area contributed by atoms with Crippen LogP contribution in [-0.4, -0.2) is 25.2 Å². The highest BCUT2D eigenvalue weighted by Crippen LogP contribution is 2.33. The summed E-state index contributed by atoms with van der Waals surface area (Å²) in [5.41, 5.74) is 2.76. The van der Waals surface area contributed by atoms with Gasteiger partial charge in [-0.1, -0.05) is 42.0 Å². The van der Waals surface area contributed by atoms with E-state index in [0.717, 1.165) is 54.2 Å². The molecule has 0 radical (unpaired) electrons. The van der Waals surface area contributed by atoms with Gasteiger partial charge in [-0.3, -0.25) is 4.99 Å². The molecule has 5 heteroatoms. The average molecular weight is 391 g/mol. The molecule has 0 amide bonds. The van der Waals surface area contributed by atoms with E-state index in [4.69, 9.17) is 0 Å². The fourth-order valence-electron chi connectivity index (χ4n) is 3.76. The van der Waals surface area contributed by atoms with Gasteiger partial charge in [-0.25, -0.2) is 0 Å². The summed E-state index contributed by atoms with van der Waals surface area (Å²) in [6.07, 6.45) is 2.17. The van der Waals surface area contributed by atoms with Crippen LogP contribution in [0.4, 0.5) is 13.2 Å². The van der Waals surface area contributed by atoms with E-state index in [2.05, 4.69) is 11.6 Å². The summed E-state index contributed by atoms with van der Waals surface area (Å²) in [7, 11) is 1.17. The van der Waals surface area contributed by atoms with E-state index in [0.29, 0.717) is 18.8 Å². The molecule has 1 aromatic rings. The summed E-state index contributed by atoms with van der Waals surface area (Å²) in [5.74, 6) is 0.400. The van der Waals surface area contributed by atoms with Crippen LogP contribution < -0.4 is 0 Å². The van der Waals surface area contributed by atoms with E-state index >= 15 is 0 Å². The quantitative estimate of drug-likeness (QED) is 0.401. The van der Waals surface area contributed by atoms with Crippen molar-refractivity contribution in [3.63, 3.8) is 0 Å². The van der Waals surface area contributed by atoms with Crippen LogP contribution in [0, 0.1) is 11.8 Å². The summed E-state index contributed by atoms with van der Waals surface area (Å²) >= 11 is 0. The van der Waals surface area contributed by atoms with Crippen molar-refractivity contribution < 1.29 is 18.0 Å². The normalized spacial score (nSPS) is 21.5. The second-order valence-electron chi connectivity index (χ2n) is 7.69. The van der Waals surface area contributed by atoms with Crippen LogP contribution in [0.2, 0.25) is 0 Å². The predicted octanol–water partition coefficient (Wildman–Crippen LogP) is 6.22. The molecule has 1 aliphatic carbocycles. The van der Waals surface area contributed by atoms with E-state index < -0.39 is 11.9 Å². The monoisotopic (exact) mass is 391 g/mol. The molecule has 0 bridgehead atoms. The molecule has 0 saturated heterocycles. The van der Waals surface area contributed by atoms with Crippen LogP contribution in [0.25, 0.3) is 5.57 Å². The largest absolute Gasteiger partial charge is 0.432 e. The van der Waals surface area contributed by atoms with Crippen molar-refractivity contribution in [2.24, 2.45) is 16.8 Å². The third-order valence-electron chi connectivity index (χ3n) is 5.36. The molecule has 2 nitrogen and oxygen atoms in total. The highest BCUT2D eigenvalue weighted by molar-refractivity contribution is 5.99. The molecular formula is C23H28F3NO. The zero-order chi connectivity index (χ0) is 20.7. The molecule has 152 valence electrons. The van der Waals surface area contributed by atoms with Gasteiger partial charge in [0.1, 0.15) is 12.0 Å². The molecule has 0 aliphatic heterocycles. The van der Waals surface area contributed by atoms with Crippen molar-refractivity contribution in [3.8, 4) is 0 Å². The smallest absolute Gasteiger partial charge is 0.303 e. The SMILES string of the molecule is C=C(C)c1cccc(C/C(=C\C(=N/C)C(F)(F)F)CC2CCC(C=O)CC2)c1. The number of halogens is 3. The molecule has 0 spiro atoms. The van der Waals surface area contributed by atoms with Gasteiger partial charge in [-0.15, -0.1) is 0 Å². The maximum Gasteiger partial charge on any atom is 0.432 e. The number of benzene rings is 1. The zero-order valence-electron chi connectivity index (χ0n) is 16.6. The lowest BCUT2D eigenvalue weighted by molar-refractivity contribution is -0.112. The van der Waals surface area contributed by atoms with Gasteiger partial charge < -0.3 is 4.79 Å². The van der Waals surface area contributed by atoms with Crippen molar-refractivity contribution in [1.29, 1.82) is 0 Å². The van der Waals surface area contributed by atoms with E-state index in [-0.39, 0.29) is 5.92 Å². The Balaban J connectivity index is 2.24. The number of nitrogens with zero attached hydrogens (tertiary/aromatic N) is 1. The fourth-order valence-corrected chi connectivity index (χ4v) is 3.76. The Morgan fingerprint density at radius 3 is 2.46 bits per heavy atom. The maximum atomic E-state index is 13.2. The summed E-state index contributed by atoms with van der Waals surface area (Å²) < 4.78 is 39.7. The molecule has 0 N–H and O–H groups in total. The lowest BCUT2D eigenvalue weighted by atomic mass is 9.79. The van der Waals surface area contributed by atoms with Crippen molar-refractivity contribution >= 4 is 17.6 Å². The van der Waals surface area contributed by atoms with Gasteiger partial charge in [-0.05, 0) is 68.6 Å². The lowest BCUT2D eigenvalue weighted by Crippen LogP contribution is -2.22. The highest BCUT2D eigenvalue weighted by Gasteiger charge is 2.34.